The van der Waals surface area contributed by atoms with Crippen LogP contribution in [0.1, 0.15) is 26.3 Å². The fourth-order valence-corrected chi connectivity index (χ4v) is 3.95. The molecule has 1 fully saturated rings. The highest BCUT2D eigenvalue weighted by atomic mass is 32.2. The molecule has 0 saturated carbocycles. The molecule has 0 bridgehead atoms. The van der Waals surface area contributed by atoms with Crippen LogP contribution in [-0.2, 0) is 20.2 Å². The van der Waals surface area contributed by atoms with Gasteiger partial charge < -0.3 is 9.84 Å². The van der Waals surface area contributed by atoms with Gasteiger partial charge in [0.1, 0.15) is 0 Å². The first-order chi connectivity index (χ1) is 9.76. The first kappa shape index (κ1) is 16.4. The number of benzene rings is 1. The monoisotopic (exact) mass is 313 g/mol. The molecule has 5 nitrogen and oxygen atoms in total. The predicted octanol–water partition coefficient (Wildman–Crippen LogP) is 1.37. The number of hydrogen-bond donors (Lipinski definition) is 1. The number of rotatable bonds is 3. The van der Waals surface area contributed by atoms with Gasteiger partial charge in [0, 0.05) is 6.54 Å². The molecule has 6 heteroatoms. The third-order valence-electron chi connectivity index (χ3n) is 3.71. The molecule has 0 aliphatic carbocycles. The number of sulfonamides is 1. The van der Waals surface area contributed by atoms with Gasteiger partial charge in [0.15, 0.2) is 0 Å². The Balaban J connectivity index is 2.31. The van der Waals surface area contributed by atoms with Crippen molar-refractivity contribution >= 4 is 10.0 Å². The molecule has 1 aromatic carbocycles. The highest BCUT2D eigenvalue weighted by Crippen LogP contribution is 2.25. The quantitative estimate of drug-likeness (QED) is 0.915. The van der Waals surface area contributed by atoms with E-state index in [-0.39, 0.29) is 30.1 Å². The number of aliphatic hydroxyl groups is 1. The maximum atomic E-state index is 12.7. The summed E-state index contributed by atoms with van der Waals surface area (Å²) in [7, 11) is -3.59. The van der Waals surface area contributed by atoms with Gasteiger partial charge in [-0.1, -0.05) is 32.9 Å². The zero-order valence-electron chi connectivity index (χ0n) is 12.7. The van der Waals surface area contributed by atoms with E-state index in [1.165, 1.54) is 4.31 Å². The molecule has 21 heavy (non-hydrogen) atoms. The van der Waals surface area contributed by atoms with E-state index in [9.17, 15) is 13.5 Å². The predicted molar refractivity (Wildman–Crippen MR) is 80.7 cm³/mol. The Morgan fingerprint density at radius 3 is 2.43 bits per heavy atom. The van der Waals surface area contributed by atoms with Gasteiger partial charge >= 0.3 is 0 Å². The van der Waals surface area contributed by atoms with Crippen molar-refractivity contribution in [2.75, 3.05) is 26.4 Å². The summed E-state index contributed by atoms with van der Waals surface area (Å²) in [4.78, 5) is 0.260. The SMILES string of the molecule is CC(C)(C)c1ccc(S(=O)(=O)N2CCOCC2CO)cc1. The van der Waals surface area contributed by atoms with E-state index in [1.54, 1.807) is 12.1 Å². The second-order valence-electron chi connectivity index (χ2n) is 6.30. The third kappa shape index (κ3) is 3.45. The Morgan fingerprint density at radius 2 is 1.90 bits per heavy atom. The second-order valence-corrected chi connectivity index (χ2v) is 8.19. The maximum Gasteiger partial charge on any atom is 0.243 e. The summed E-state index contributed by atoms with van der Waals surface area (Å²) in [5.74, 6) is 0. The first-order valence-corrected chi connectivity index (χ1v) is 8.52. The standard InChI is InChI=1S/C15H23NO4S/c1-15(2,3)12-4-6-14(7-5-12)21(18,19)16-8-9-20-11-13(16)10-17/h4-7,13,17H,8-11H2,1-3H3. The van der Waals surface area contributed by atoms with E-state index in [4.69, 9.17) is 4.74 Å². The lowest BCUT2D eigenvalue weighted by Crippen LogP contribution is -2.50. The molecule has 1 atom stereocenters. The molecule has 1 saturated heterocycles. The van der Waals surface area contributed by atoms with Crippen LogP contribution in [0, 0.1) is 0 Å². The van der Waals surface area contributed by atoms with Crippen LogP contribution in [-0.4, -0.2) is 50.2 Å². The van der Waals surface area contributed by atoms with Gasteiger partial charge in [0.2, 0.25) is 10.0 Å². The van der Waals surface area contributed by atoms with Crippen LogP contribution in [0.5, 0.6) is 0 Å². The summed E-state index contributed by atoms with van der Waals surface area (Å²) in [5, 5.41) is 9.34. The normalized spacial score (nSPS) is 21.4. The van der Waals surface area contributed by atoms with Gasteiger partial charge in [-0.15, -0.1) is 0 Å². The largest absolute Gasteiger partial charge is 0.395 e. The molecule has 0 radical (unpaired) electrons. The fourth-order valence-electron chi connectivity index (χ4n) is 2.36. The molecule has 1 N–H and O–H groups in total. The van der Waals surface area contributed by atoms with Crippen LogP contribution in [0.25, 0.3) is 0 Å². The van der Waals surface area contributed by atoms with Gasteiger partial charge in [-0.05, 0) is 23.1 Å². The minimum Gasteiger partial charge on any atom is -0.395 e. The van der Waals surface area contributed by atoms with Crippen LogP contribution in [0.15, 0.2) is 29.2 Å². The molecule has 1 aromatic rings. The van der Waals surface area contributed by atoms with Crippen molar-refractivity contribution in [1.82, 2.24) is 4.31 Å². The van der Waals surface area contributed by atoms with Gasteiger partial charge in [-0.3, -0.25) is 0 Å². The van der Waals surface area contributed by atoms with Crippen molar-refractivity contribution < 1.29 is 18.3 Å². The van der Waals surface area contributed by atoms with Crippen LogP contribution in [0.4, 0.5) is 0 Å². The number of nitrogens with zero attached hydrogens (tertiary/aromatic N) is 1. The van der Waals surface area contributed by atoms with Crippen molar-refractivity contribution in [1.29, 1.82) is 0 Å². The van der Waals surface area contributed by atoms with E-state index in [1.807, 2.05) is 12.1 Å². The van der Waals surface area contributed by atoms with Crippen LogP contribution < -0.4 is 0 Å². The topological polar surface area (TPSA) is 66.8 Å². The molecule has 1 unspecified atom stereocenters. The average molecular weight is 313 g/mol. The maximum absolute atomic E-state index is 12.7. The zero-order chi connectivity index (χ0) is 15.7. The zero-order valence-corrected chi connectivity index (χ0v) is 13.6. The summed E-state index contributed by atoms with van der Waals surface area (Å²) in [6, 6.07) is 6.47. The van der Waals surface area contributed by atoms with Gasteiger partial charge in [0.05, 0.1) is 30.8 Å². The molecule has 1 aliphatic rings. The summed E-state index contributed by atoms with van der Waals surface area (Å²) in [6.07, 6.45) is 0. The van der Waals surface area contributed by atoms with Crippen molar-refractivity contribution in [3.05, 3.63) is 29.8 Å². The minimum atomic E-state index is -3.59. The molecule has 0 spiro atoms. The van der Waals surface area contributed by atoms with Crippen molar-refractivity contribution in [3.63, 3.8) is 0 Å². The van der Waals surface area contributed by atoms with E-state index >= 15 is 0 Å². The first-order valence-electron chi connectivity index (χ1n) is 7.08. The van der Waals surface area contributed by atoms with Crippen LogP contribution >= 0.6 is 0 Å². The lowest BCUT2D eigenvalue weighted by Gasteiger charge is -2.33. The Bertz CT molecular complexity index is 575. The molecule has 1 heterocycles. The highest BCUT2D eigenvalue weighted by molar-refractivity contribution is 7.89. The summed E-state index contributed by atoms with van der Waals surface area (Å²) < 4.78 is 31.9. The summed E-state index contributed by atoms with van der Waals surface area (Å²) in [6.45, 7) is 6.88. The molecule has 118 valence electrons. The number of morpholine rings is 1. The van der Waals surface area contributed by atoms with Crippen molar-refractivity contribution in [2.45, 2.75) is 37.1 Å². The lowest BCUT2D eigenvalue weighted by atomic mass is 9.87. The van der Waals surface area contributed by atoms with Crippen molar-refractivity contribution in [2.24, 2.45) is 0 Å². The Hall–Kier alpha value is -0.950. The Kier molecular flexibility index (Phi) is 4.72. The van der Waals surface area contributed by atoms with E-state index in [2.05, 4.69) is 20.8 Å². The number of hydrogen-bond acceptors (Lipinski definition) is 4. The van der Waals surface area contributed by atoms with E-state index in [0.29, 0.717) is 6.61 Å². The van der Waals surface area contributed by atoms with Crippen LogP contribution in [0.2, 0.25) is 0 Å². The lowest BCUT2D eigenvalue weighted by molar-refractivity contribution is 0.0109. The third-order valence-corrected chi connectivity index (χ3v) is 5.68. The molecular formula is C15H23NO4S. The molecular weight excluding hydrogens is 290 g/mol. The van der Waals surface area contributed by atoms with E-state index < -0.39 is 16.1 Å². The van der Waals surface area contributed by atoms with E-state index in [0.717, 1.165) is 5.56 Å². The number of ether oxygens (including phenoxy) is 1. The van der Waals surface area contributed by atoms with Gasteiger partial charge in [0.25, 0.3) is 0 Å². The highest BCUT2D eigenvalue weighted by Gasteiger charge is 2.33. The molecule has 1 aliphatic heterocycles. The average Bonchev–Trinajstić information content (AvgIpc) is 2.46. The van der Waals surface area contributed by atoms with Gasteiger partial charge in [-0.2, -0.15) is 4.31 Å². The molecule has 2 rings (SSSR count). The Labute approximate surface area is 126 Å². The summed E-state index contributed by atoms with van der Waals surface area (Å²) in [5.41, 5.74) is 1.07. The number of aliphatic hydroxyl groups excluding tert-OH is 1. The molecule has 0 amide bonds. The van der Waals surface area contributed by atoms with Crippen molar-refractivity contribution in [3.8, 4) is 0 Å². The fraction of sp³-hybridized carbons (Fsp3) is 0.600. The minimum absolute atomic E-state index is 0.0190. The van der Waals surface area contributed by atoms with Gasteiger partial charge in [-0.25, -0.2) is 8.42 Å². The molecule has 0 aromatic heterocycles. The Morgan fingerprint density at radius 1 is 1.29 bits per heavy atom. The van der Waals surface area contributed by atoms with Crippen LogP contribution in [0.3, 0.4) is 0 Å². The summed E-state index contributed by atoms with van der Waals surface area (Å²) >= 11 is 0. The smallest absolute Gasteiger partial charge is 0.243 e. The second kappa shape index (κ2) is 6.04.